The molecule has 0 aliphatic heterocycles. The third-order valence-corrected chi connectivity index (χ3v) is 3.08. The van der Waals surface area contributed by atoms with E-state index in [9.17, 15) is 5.11 Å². The van der Waals surface area contributed by atoms with Gasteiger partial charge in [-0.1, -0.05) is 0 Å². The van der Waals surface area contributed by atoms with Crippen molar-refractivity contribution in [3.05, 3.63) is 23.7 Å². The summed E-state index contributed by atoms with van der Waals surface area (Å²) in [6.07, 6.45) is 5.90. The van der Waals surface area contributed by atoms with Gasteiger partial charge in [0.15, 0.2) is 0 Å². The monoisotopic (exact) mass is 204 g/mol. The van der Waals surface area contributed by atoms with E-state index in [-0.39, 0.29) is 0 Å². The van der Waals surface area contributed by atoms with Crippen LogP contribution in [0.25, 0.3) is 0 Å². The maximum absolute atomic E-state index is 10.5. The van der Waals surface area contributed by atoms with Crippen LogP contribution < -0.4 is 0 Å². The molecule has 1 atom stereocenters. The van der Waals surface area contributed by atoms with Crippen LogP contribution in [0.4, 0.5) is 0 Å². The van der Waals surface area contributed by atoms with Crippen molar-refractivity contribution < 1.29 is 9.52 Å². The van der Waals surface area contributed by atoms with Gasteiger partial charge in [0.05, 0.1) is 11.9 Å². The van der Waals surface area contributed by atoms with Crippen LogP contribution in [-0.2, 0) is 12.0 Å². The molecule has 0 amide bonds. The average molecular weight is 204 g/mol. The molecule has 1 aromatic rings. The van der Waals surface area contributed by atoms with Gasteiger partial charge >= 0.3 is 0 Å². The Morgan fingerprint density at radius 3 is 3.27 bits per heavy atom. The Labute approximate surface area is 90.3 Å². The molecule has 0 aromatic carbocycles. The minimum Gasteiger partial charge on any atom is -0.469 e. The van der Waals surface area contributed by atoms with E-state index in [2.05, 4.69) is 11.8 Å². The van der Waals surface area contributed by atoms with Crippen LogP contribution >= 0.6 is 0 Å². The Hall–Kier alpha value is -1.20. The van der Waals surface area contributed by atoms with Gasteiger partial charge in [0.25, 0.3) is 0 Å². The van der Waals surface area contributed by atoms with Crippen LogP contribution in [0.15, 0.2) is 16.7 Å². The van der Waals surface area contributed by atoms with Crippen LogP contribution in [0.2, 0.25) is 0 Å². The van der Waals surface area contributed by atoms with Crippen molar-refractivity contribution in [2.45, 2.75) is 44.6 Å². The first-order valence-electron chi connectivity index (χ1n) is 5.45. The third kappa shape index (κ3) is 1.93. The van der Waals surface area contributed by atoms with E-state index in [1.807, 2.05) is 13.0 Å². The fourth-order valence-electron chi connectivity index (χ4n) is 2.28. The van der Waals surface area contributed by atoms with Gasteiger partial charge in [-0.2, -0.15) is 0 Å². The van der Waals surface area contributed by atoms with Crippen LogP contribution in [0, 0.1) is 11.8 Å². The third-order valence-electron chi connectivity index (χ3n) is 3.08. The fourth-order valence-corrected chi connectivity index (χ4v) is 2.28. The van der Waals surface area contributed by atoms with Crippen LogP contribution in [-0.4, -0.2) is 5.11 Å². The summed E-state index contributed by atoms with van der Waals surface area (Å²) < 4.78 is 5.36. The highest BCUT2D eigenvalue weighted by Crippen LogP contribution is 2.38. The first kappa shape index (κ1) is 10.3. The van der Waals surface area contributed by atoms with Crippen LogP contribution in [0.5, 0.6) is 0 Å². The van der Waals surface area contributed by atoms with Gasteiger partial charge in [0.2, 0.25) is 0 Å². The summed E-state index contributed by atoms with van der Waals surface area (Å²) in [7, 11) is 0. The summed E-state index contributed by atoms with van der Waals surface area (Å²) in [6, 6.07) is 1.90. The van der Waals surface area contributed by atoms with Crippen molar-refractivity contribution in [3.8, 4) is 11.8 Å². The standard InChI is InChI=1S/C13H16O2/c1-2-3-4-8-13(14)9-5-6-12-11(13)7-10-15-12/h7,10,14H,4-6,8-9H2,1H3. The van der Waals surface area contributed by atoms with Crippen LogP contribution in [0.3, 0.4) is 0 Å². The van der Waals surface area contributed by atoms with Crippen molar-refractivity contribution in [2.24, 2.45) is 0 Å². The number of aryl methyl sites for hydroxylation is 1. The second kappa shape index (κ2) is 4.12. The average Bonchev–Trinajstić information content (AvgIpc) is 2.68. The lowest BCUT2D eigenvalue weighted by Crippen LogP contribution is -2.29. The Morgan fingerprint density at radius 1 is 1.60 bits per heavy atom. The maximum atomic E-state index is 10.5. The molecule has 0 spiro atoms. The predicted octanol–water partition coefficient (Wildman–Crippen LogP) is 2.61. The minimum atomic E-state index is -0.704. The molecule has 2 rings (SSSR count). The minimum absolute atomic E-state index is 0.704. The number of fused-ring (bicyclic) bond motifs is 1. The van der Waals surface area contributed by atoms with E-state index in [0.717, 1.165) is 37.0 Å². The SMILES string of the molecule is CC#CCCC1(O)CCCc2occc21. The topological polar surface area (TPSA) is 33.4 Å². The number of hydrogen-bond acceptors (Lipinski definition) is 2. The molecule has 0 fully saturated rings. The molecule has 1 aliphatic rings. The zero-order valence-electron chi connectivity index (χ0n) is 9.05. The summed E-state index contributed by atoms with van der Waals surface area (Å²) in [5.74, 6) is 6.81. The molecule has 15 heavy (non-hydrogen) atoms. The Bertz CT molecular complexity index is 394. The molecule has 80 valence electrons. The van der Waals surface area contributed by atoms with Crippen molar-refractivity contribution in [1.82, 2.24) is 0 Å². The van der Waals surface area contributed by atoms with E-state index in [0.29, 0.717) is 6.42 Å². The van der Waals surface area contributed by atoms with Crippen molar-refractivity contribution in [1.29, 1.82) is 0 Å². The molecule has 0 bridgehead atoms. The molecule has 1 aromatic heterocycles. The zero-order valence-corrected chi connectivity index (χ0v) is 9.05. The molecule has 1 N–H and O–H groups in total. The van der Waals surface area contributed by atoms with E-state index in [1.54, 1.807) is 6.26 Å². The summed E-state index contributed by atoms with van der Waals surface area (Å²) in [4.78, 5) is 0. The van der Waals surface area contributed by atoms with E-state index >= 15 is 0 Å². The van der Waals surface area contributed by atoms with Gasteiger partial charge < -0.3 is 9.52 Å². The van der Waals surface area contributed by atoms with Crippen molar-refractivity contribution >= 4 is 0 Å². The molecule has 0 radical (unpaired) electrons. The van der Waals surface area contributed by atoms with Crippen molar-refractivity contribution in [2.75, 3.05) is 0 Å². The normalized spacial score (nSPS) is 24.1. The first-order chi connectivity index (χ1) is 7.26. The number of aliphatic hydroxyl groups is 1. The number of rotatable bonds is 2. The number of furan rings is 1. The van der Waals surface area contributed by atoms with E-state index < -0.39 is 5.60 Å². The second-order valence-corrected chi connectivity index (χ2v) is 4.07. The predicted molar refractivity (Wildman–Crippen MR) is 58.2 cm³/mol. The lowest BCUT2D eigenvalue weighted by Gasteiger charge is -2.31. The van der Waals surface area contributed by atoms with Gasteiger partial charge in [-0.05, 0) is 32.3 Å². The molecule has 2 nitrogen and oxygen atoms in total. The maximum Gasteiger partial charge on any atom is 0.109 e. The molecule has 0 saturated heterocycles. The highest BCUT2D eigenvalue weighted by molar-refractivity contribution is 5.27. The summed E-state index contributed by atoms with van der Waals surface area (Å²) in [6.45, 7) is 1.83. The Morgan fingerprint density at radius 2 is 2.47 bits per heavy atom. The fraction of sp³-hybridized carbons (Fsp3) is 0.538. The summed E-state index contributed by atoms with van der Waals surface area (Å²) >= 11 is 0. The lowest BCUT2D eigenvalue weighted by atomic mass is 9.80. The number of hydrogen-bond donors (Lipinski definition) is 1. The van der Waals surface area contributed by atoms with Gasteiger partial charge in [0, 0.05) is 18.4 Å². The highest BCUT2D eigenvalue weighted by Gasteiger charge is 2.35. The van der Waals surface area contributed by atoms with Gasteiger partial charge in [-0.15, -0.1) is 11.8 Å². The summed E-state index contributed by atoms with van der Waals surface area (Å²) in [5.41, 5.74) is 0.274. The molecule has 2 heteroatoms. The molecule has 1 heterocycles. The molecule has 1 unspecified atom stereocenters. The highest BCUT2D eigenvalue weighted by atomic mass is 16.3. The molecule has 1 aliphatic carbocycles. The van der Waals surface area contributed by atoms with Crippen LogP contribution in [0.1, 0.15) is 43.9 Å². The molecular formula is C13H16O2. The summed E-state index contributed by atoms with van der Waals surface area (Å²) in [5, 5.41) is 10.5. The van der Waals surface area contributed by atoms with E-state index in [4.69, 9.17) is 4.42 Å². The van der Waals surface area contributed by atoms with Crippen molar-refractivity contribution in [3.63, 3.8) is 0 Å². The molecular weight excluding hydrogens is 188 g/mol. The zero-order chi connectivity index (χ0) is 10.7. The largest absolute Gasteiger partial charge is 0.469 e. The lowest BCUT2D eigenvalue weighted by molar-refractivity contribution is 0.00940. The second-order valence-electron chi connectivity index (χ2n) is 4.07. The Balaban J connectivity index is 2.18. The smallest absolute Gasteiger partial charge is 0.109 e. The molecule has 0 saturated carbocycles. The van der Waals surface area contributed by atoms with Gasteiger partial charge in [0.1, 0.15) is 5.76 Å². The van der Waals surface area contributed by atoms with Gasteiger partial charge in [-0.25, -0.2) is 0 Å². The quantitative estimate of drug-likeness (QED) is 0.751. The first-order valence-corrected chi connectivity index (χ1v) is 5.45. The van der Waals surface area contributed by atoms with Gasteiger partial charge in [-0.3, -0.25) is 0 Å². The Kier molecular flexibility index (Phi) is 2.83. The van der Waals surface area contributed by atoms with E-state index in [1.165, 1.54) is 0 Å².